The Morgan fingerprint density at radius 3 is 2.42 bits per heavy atom. The minimum atomic E-state index is -0.277. The Morgan fingerprint density at radius 1 is 1.11 bits per heavy atom. The quantitative estimate of drug-likeness (QED) is 0.509. The molecule has 3 aliphatic rings. The van der Waals surface area contributed by atoms with Gasteiger partial charge < -0.3 is 19.6 Å². The lowest BCUT2D eigenvalue weighted by molar-refractivity contribution is -0.199. The van der Waals surface area contributed by atoms with E-state index in [1.165, 1.54) is 0 Å². The van der Waals surface area contributed by atoms with Gasteiger partial charge in [-0.2, -0.15) is 0 Å². The highest BCUT2D eigenvalue weighted by Crippen LogP contribution is 2.59. The van der Waals surface area contributed by atoms with E-state index in [1.54, 1.807) is 18.2 Å². The molecular weight excluding hydrogens is 474 g/mol. The van der Waals surface area contributed by atoms with Crippen LogP contribution >= 0.6 is 11.6 Å². The molecule has 2 aliphatic heterocycles. The van der Waals surface area contributed by atoms with E-state index < -0.39 is 0 Å². The Kier molecular flexibility index (Phi) is 6.21. The van der Waals surface area contributed by atoms with Crippen LogP contribution in [0, 0.1) is 23.3 Å². The van der Waals surface area contributed by atoms with E-state index >= 15 is 0 Å². The lowest BCUT2D eigenvalue weighted by atomic mass is 9.49. The molecule has 190 valence electrons. The van der Waals surface area contributed by atoms with Crippen LogP contribution < -0.4 is 9.64 Å². The summed E-state index contributed by atoms with van der Waals surface area (Å²) in [6.07, 6.45) is 1.87. The number of nitrogens with zero attached hydrogens (tertiary/aromatic N) is 3. The fourth-order valence-corrected chi connectivity index (χ4v) is 7.32. The summed E-state index contributed by atoms with van der Waals surface area (Å²) in [5, 5.41) is 9.83. The van der Waals surface area contributed by atoms with E-state index in [0.717, 1.165) is 42.7 Å². The van der Waals surface area contributed by atoms with Crippen molar-refractivity contribution in [2.24, 2.45) is 16.7 Å². The first-order chi connectivity index (χ1) is 17.1. The van der Waals surface area contributed by atoms with E-state index in [-0.39, 0.29) is 35.5 Å². The molecule has 2 aromatic rings. The first-order valence-corrected chi connectivity index (χ1v) is 13.1. The minimum Gasteiger partial charge on any atom is -0.489 e. The molecule has 0 atom stereocenters. The fourth-order valence-electron chi connectivity index (χ4n) is 7.11. The molecule has 1 N–H and O–H groups in total. The van der Waals surface area contributed by atoms with Gasteiger partial charge in [0.05, 0.1) is 11.6 Å². The summed E-state index contributed by atoms with van der Waals surface area (Å²) in [6.45, 7) is 18.6. The molecule has 7 heteroatoms. The van der Waals surface area contributed by atoms with Crippen LogP contribution in [0.2, 0.25) is 5.02 Å². The van der Waals surface area contributed by atoms with Gasteiger partial charge in [-0.15, -0.1) is 0 Å². The first-order valence-electron chi connectivity index (χ1n) is 12.7. The summed E-state index contributed by atoms with van der Waals surface area (Å²) >= 11 is 6.24. The molecule has 5 rings (SSSR count). The van der Waals surface area contributed by atoms with Crippen molar-refractivity contribution in [3.8, 4) is 5.75 Å². The Bertz CT molecular complexity index is 1210. The molecule has 0 bridgehead atoms. The number of anilines is 1. The monoisotopic (exact) mass is 507 g/mol. The Labute approximate surface area is 218 Å². The number of aliphatic hydroxyl groups is 1. The van der Waals surface area contributed by atoms with Crippen LogP contribution in [0.25, 0.3) is 4.85 Å². The molecule has 36 heavy (non-hydrogen) atoms. The number of piperidine rings is 1. The van der Waals surface area contributed by atoms with Gasteiger partial charge in [0, 0.05) is 54.4 Å². The van der Waals surface area contributed by atoms with Gasteiger partial charge in [0.15, 0.2) is 0 Å². The van der Waals surface area contributed by atoms with Crippen molar-refractivity contribution in [1.82, 2.24) is 4.90 Å². The predicted octanol–water partition coefficient (Wildman–Crippen LogP) is 5.94. The summed E-state index contributed by atoms with van der Waals surface area (Å²) in [7, 11) is 0. The van der Waals surface area contributed by atoms with E-state index in [1.807, 2.05) is 11.0 Å². The number of carbonyl (C=O) groups is 1. The lowest BCUT2D eigenvalue weighted by Gasteiger charge is -2.65. The van der Waals surface area contributed by atoms with Gasteiger partial charge in [0.25, 0.3) is 5.91 Å². The van der Waals surface area contributed by atoms with Gasteiger partial charge in [0.1, 0.15) is 11.9 Å². The van der Waals surface area contributed by atoms with Gasteiger partial charge in [-0.3, -0.25) is 4.79 Å². The van der Waals surface area contributed by atoms with E-state index in [2.05, 4.69) is 49.6 Å². The Balaban J connectivity index is 1.33. The summed E-state index contributed by atoms with van der Waals surface area (Å²) in [6, 6.07) is 11.4. The van der Waals surface area contributed by atoms with Crippen molar-refractivity contribution in [3.63, 3.8) is 0 Å². The van der Waals surface area contributed by atoms with Crippen molar-refractivity contribution >= 4 is 28.9 Å². The zero-order valence-electron chi connectivity index (χ0n) is 21.4. The van der Waals surface area contributed by atoms with Crippen LogP contribution in [0.5, 0.6) is 5.75 Å². The van der Waals surface area contributed by atoms with Crippen LogP contribution in [-0.4, -0.2) is 47.8 Å². The van der Waals surface area contributed by atoms with Crippen LogP contribution in [0.15, 0.2) is 36.4 Å². The predicted molar refractivity (Wildman–Crippen MR) is 142 cm³/mol. The topological polar surface area (TPSA) is 57.4 Å². The number of hydrogen-bond acceptors (Lipinski definition) is 4. The molecule has 1 amide bonds. The molecule has 1 aliphatic carbocycles. The van der Waals surface area contributed by atoms with E-state index in [4.69, 9.17) is 22.9 Å². The third-order valence-electron chi connectivity index (χ3n) is 8.52. The van der Waals surface area contributed by atoms with Crippen molar-refractivity contribution in [2.45, 2.75) is 59.2 Å². The number of benzene rings is 2. The van der Waals surface area contributed by atoms with E-state index in [0.29, 0.717) is 28.9 Å². The second-order valence-corrected chi connectivity index (χ2v) is 12.1. The second kappa shape index (κ2) is 8.97. The number of amides is 1. The average Bonchev–Trinajstić information content (AvgIpc) is 3.16. The zero-order valence-corrected chi connectivity index (χ0v) is 22.2. The van der Waals surface area contributed by atoms with Crippen LogP contribution in [0.1, 0.15) is 56.5 Å². The van der Waals surface area contributed by atoms with Gasteiger partial charge in [0.2, 0.25) is 5.69 Å². The molecule has 0 aromatic heterocycles. The molecular formula is C29H34ClN3O3. The van der Waals surface area contributed by atoms with E-state index in [9.17, 15) is 9.90 Å². The summed E-state index contributed by atoms with van der Waals surface area (Å²) in [5.74, 6) is 1.12. The third-order valence-corrected chi connectivity index (χ3v) is 8.83. The summed E-state index contributed by atoms with van der Waals surface area (Å²) < 4.78 is 6.43. The lowest BCUT2D eigenvalue weighted by Crippen LogP contribution is -2.74. The standard InChI is InChI=1S/C29H34ClN3O3/c1-28(2)26(29(3,4)27(28)36-21-7-9-24(31-5)23(30)15-21)33-16-19-14-20(6-8-22(19)25(33)35)32-12-10-18(17-34)11-13-32/h6-9,14-15,18,26-27,34H,10-13,16-17H2,1-4H3. The number of rotatable bonds is 5. The average molecular weight is 508 g/mol. The molecule has 1 saturated carbocycles. The van der Waals surface area contributed by atoms with Crippen molar-refractivity contribution < 1.29 is 14.6 Å². The van der Waals surface area contributed by atoms with Crippen molar-refractivity contribution in [3.05, 3.63) is 64.0 Å². The van der Waals surface area contributed by atoms with Gasteiger partial charge in [-0.05, 0) is 54.7 Å². The molecule has 2 heterocycles. The molecule has 0 spiro atoms. The molecule has 6 nitrogen and oxygen atoms in total. The highest BCUT2D eigenvalue weighted by Gasteiger charge is 2.67. The summed E-state index contributed by atoms with van der Waals surface area (Å²) in [4.78, 5) is 21.4. The van der Waals surface area contributed by atoms with Crippen LogP contribution in [0.3, 0.4) is 0 Å². The van der Waals surface area contributed by atoms with Crippen LogP contribution in [0.4, 0.5) is 11.4 Å². The zero-order chi connectivity index (χ0) is 25.8. The first kappa shape index (κ1) is 24.9. The number of halogens is 1. The second-order valence-electron chi connectivity index (χ2n) is 11.7. The highest BCUT2D eigenvalue weighted by molar-refractivity contribution is 6.33. The minimum absolute atomic E-state index is 0.0108. The third kappa shape index (κ3) is 3.93. The maximum atomic E-state index is 13.6. The number of aliphatic hydroxyl groups excluding tert-OH is 1. The number of hydrogen-bond donors (Lipinski definition) is 1. The Morgan fingerprint density at radius 2 is 1.81 bits per heavy atom. The Hall–Kier alpha value is -2.75. The molecule has 0 radical (unpaired) electrons. The fraction of sp³-hybridized carbons (Fsp3) is 0.517. The maximum absolute atomic E-state index is 13.6. The molecule has 0 unspecified atom stereocenters. The number of carbonyl (C=O) groups excluding carboxylic acids is 1. The van der Waals surface area contributed by atoms with Crippen LogP contribution in [-0.2, 0) is 6.54 Å². The largest absolute Gasteiger partial charge is 0.489 e. The van der Waals surface area contributed by atoms with Crippen molar-refractivity contribution in [1.29, 1.82) is 0 Å². The summed E-state index contributed by atoms with van der Waals surface area (Å²) in [5.41, 5.74) is 2.89. The van der Waals surface area contributed by atoms with Gasteiger partial charge in [-0.1, -0.05) is 45.4 Å². The SMILES string of the molecule is [C-]#[N+]c1ccc(OC2C(C)(C)C(N3Cc4cc(N5CCC(CO)CC5)ccc4C3=O)C2(C)C)cc1Cl. The molecule has 1 saturated heterocycles. The number of fused-ring (bicyclic) bond motifs is 1. The maximum Gasteiger partial charge on any atom is 0.254 e. The molecule has 2 aromatic carbocycles. The molecule has 2 fully saturated rings. The number of ether oxygens (including phenoxy) is 1. The smallest absolute Gasteiger partial charge is 0.254 e. The van der Waals surface area contributed by atoms with Gasteiger partial charge in [-0.25, -0.2) is 4.85 Å². The van der Waals surface area contributed by atoms with Gasteiger partial charge >= 0.3 is 0 Å². The highest BCUT2D eigenvalue weighted by atomic mass is 35.5. The van der Waals surface area contributed by atoms with Crippen molar-refractivity contribution in [2.75, 3.05) is 24.6 Å². The normalized spacial score (nSPS) is 24.8.